The molecular weight excluding hydrogens is 320 g/mol. The quantitative estimate of drug-likeness (QED) is 0.870. The molecular formula is C18H24N4OS. The number of piperazine rings is 1. The molecule has 1 fully saturated rings. The van der Waals surface area contributed by atoms with Crippen LogP contribution in [0.25, 0.3) is 0 Å². The third-order valence-corrected chi connectivity index (χ3v) is 5.15. The number of carbonyl (C=O) groups excluding carboxylic acids is 1. The minimum absolute atomic E-state index is 0.0878. The van der Waals surface area contributed by atoms with Gasteiger partial charge in [-0.05, 0) is 12.5 Å². The van der Waals surface area contributed by atoms with Crippen molar-refractivity contribution < 1.29 is 4.79 Å². The molecule has 0 saturated carbocycles. The molecule has 0 radical (unpaired) electrons. The lowest BCUT2D eigenvalue weighted by atomic mass is 10.2. The van der Waals surface area contributed by atoms with Crippen LogP contribution in [0.15, 0.2) is 41.2 Å². The Kier molecular flexibility index (Phi) is 5.96. The first-order valence-electron chi connectivity index (χ1n) is 8.37. The Balaban J connectivity index is 1.42. The van der Waals surface area contributed by atoms with Gasteiger partial charge < -0.3 is 5.32 Å². The van der Waals surface area contributed by atoms with E-state index in [2.05, 4.69) is 25.5 Å². The average molecular weight is 344 g/mol. The Morgan fingerprint density at radius 1 is 1.25 bits per heavy atom. The molecule has 24 heavy (non-hydrogen) atoms. The largest absolute Gasteiger partial charge is 0.351 e. The number of hydrogen-bond donors (Lipinski definition) is 1. The topological polar surface area (TPSA) is 48.5 Å². The number of nitrogens with zero attached hydrogens (tertiary/aromatic N) is 3. The number of amides is 1. The van der Waals surface area contributed by atoms with Crippen LogP contribution >= 0.6 is 11.3 Å². The summed E-state index contributed by atoms with van der Waals surface area (Å²) in [4.78, 5) is 21.4. The molecule has 1 amide bonds. The van der Waals surface area contributed by atoms with Crippen LogP contribution in [0.5, 0.6) is 0 Å². The molecule has 1 aliphatic heterocycles. The zero-order valence-corrected chi connectivity index (χ0v) is 14.8. The monoisotopic (exact) mass is 344 g/mol. The van der Waals surface area contributed by atoms with Crippen molar-refractivity contribution in [2.45, 2.75) is 26.1 Å². The van der Waals surface area contributed by atoms with E-state index in [4.69, 9.17) is 0 Å². The lowest BCUT2D eigenvalue weighted by molar-refractivity contribution is -0.126. The fourth-order valence-electron chi connectivity index (χ4n) is 2.95. The second kappa shape index (κ2) is 8.37. The van der Waals surface area contributed by atoms with Crippen LogP contribution in [0.1, 0.15) is 18.2 Å². The minimum atomic E-state index is -0.0878. The Morgan fingerprint density at radius 3 is 2.67 bits per heavy atom. The van der Waals surface area contributed by atoms with Gasteiger partial charge in [0.2, 0.25) is 5.91 Å². The molecule has 1 aromatic carbocycles. The molecule has 1 unspecified atom stereocenters. The van der Waals surface area contributed by atoms with E-state index in [0.29, 0.717) is 6.54 Å². The van der Waals surface area contributed by atoms with Gasteiger partial charge in [-0.1, -0.05) is 30.3 Å². The molecule has 3 rings (SSSR count). The third-order valence-electron chi connectivity index (χ3n) is 4.51. The average Bonchev–Trinajstić information content (AvgIpc) is 3.13. The fraction of sp³-hybridized carbons (Fsp3) is 0.444. The minimum Gasteiger partial charge on any atom is -0.351 e. The van der Waals surface area contributed by atoms with Crippen LogP contribution in [-0.2, 0) is 17.9 Å². The number of carbonyl (C=O) groups is 1. The van der Waals surface area contributed by atoms with Gasteiger partial charge in [-0.15, -0.1) is 11.3 Å². The van der Waals surface area contributed by atoms with Gasteiger partial charge in [0, 0.05) is 44.6 Å². The summed E-state index contributed by atoms with van der Waals surface area (Å²) in [5.41, 5.74) is 4.15. The zero-order valence-electron chi connectivity index (χ0n) is 14.0. The molecule has 128 valence electrons. The summed E-state index contributed by atoms with van der Waals surface area (Å²) < 4.78 is 0. The second-order valence-corrected chi connectivity index (χ2v) is 6.89. The Morgan fingerprint density at radius 2 is 2.00 bits per heavy atom. The van der Waals surface area contributed by atoms with Crippen LogP contribution in [0.3, 0.4) is 0 Å². The summed E-state index contributed by atoms with van der Waals surface area (Å²) in [6.07, 6.45) is 0. The van der Waals surface area contributed by atoms with Crippen molar-refractivity contribution in [2.24, 2.45) is 0 Å². The van der Waals surface area contributed by atoms with Crippen LogP contribution in [0, 0.1) is 0 Å². The molecule has 5 nitrogen and oxygen atoms in total. The van der Waals surface area contributed by atoms with E-state index in [1.165, 1.54) is 0 Å². The van der Waals surface area contributed by atoms with Gasteiger partial charge in [0.25, 0.3) is 0 Å². The van der Waals surface area contributed by atoms with Gasteiger partial charge in [0.05, 0.1) is 17.2 Å². The molecule has 1 atom stereocenters. The van der Waals surface area contributed by atoms with Crippen LogP contribution in [0.4, 0.5) is 0 Å². The van der Waals surface area contributed by atoms with Gasteiger partial charge in [-0.3, -0.25) is 14.6 Å². The second-order valence-electron chi connectivity index (χ2n) is 6.17. The first-order chi connectivity index (χ1) is 11.7. The number of nitrogens with one attached hydrogen (secondary N) is 1. The fourth-order valence-corrected chi connectivity index (χ4v) is 3.50. The highest BCUT2D eigenvalue weighted by atomic mass is 32.1. The molecule has 2 heterocycles. The highest BCUT2D eigenvalue weighted by Gasteiger charge is 2.25. The Hall–Kier alpha value is -1.76. The highest BCUT2D eigenvalue weighted by molar-refractivity contribution is 7.07. The van der Waals surface area contributed by atoms with Crippen LogP contribution < -0.4 is 5.32 Å². The normalized spacial score (nSPS) is 17.5. The lowest BCUT2D eigenvalue weighted by Gasteiger charge is -2.37. The van der Waals surface area contributed by atoms with Crippen molar-refractivity contribution in [3.8, 4) is 0 Å². The van der Waals surface area contributed by atoms with Crippen molar-refractivity contribution in [2.75, 3.05) is 26.2 Å². The third kappa shape index (κ3) is 4.63. The molecule has 6 heteroatoms. The van der Waals surface area contributed by atoms with E-state index < -0.39 is 0 Å². The van der Waals surface area contributed by atoms with E-state index in [0.717, 1.165) is 44.0 Å². The van der Waals surface area contributed by atoms with E-state index in [1.807, 2.05) is 42.8 Å². The van der Waals surface area contributed by atoms with Crippen molar-refractivity contribution in [3.63, 3.8) is 0 Å². The van der Waals surface area contributed by atoms with Crippen molar-refractivity contribution >= 4 is 17.2 Å². The Bertz CT molecular complexity index is 624. The van der Waals surface area contributed by atoms with E-state index in [-0.39, 0.29) is 11.9 Å². The van der Waals surface area contributed by atoms with E-state index in [1.54, 1.807) is 11.3 Å². The number of rotatable bonds is 6. The maximum absolute atomic E-state index is 12.4. The van der Waals surface area contributed by atoms with Crippen molar-refractivity contribution in [3.05, 3.63) is 52.5 Å². The maximum Gasteiger partial charge on any atom is 0.237 e. The van der Waals surface area contributed by atoms with Gasteiger partial charge in [0.15, 0.2) is 0 Å². The van der Waals surface area contributed by atoms with Crippen molar-refractivity contribution in [1.82, 2.24) is 20.1 Å². The summed E-state index contributed by atoms with van der Waals surface area (Å²) in [5.74, 6) is 0.104. The predicted octanol–water partition coefficient (Wildman–Crippen LogP) is 1.97. The number of hydrogen-bond acceptors (Lipinski definition) is 5. The molecule has 0 aliphatic carbocycles. The van der Waals surface area contributed by atoms with Gasteiger partial charge in [-0.25, -0.2) is 4.98 Å². The summed E-state index contributed by atoms with van der Waals surface area (Å²) in [5, 5.41) is 5.14. The molecule has 1 N–H and O–H groups in total. The van der Waals surface area contributed by atoms with E-state index in [9.17, 15) is 4.79 Å². The van der Waals surface area contributed by atoms with Gasteiger partial charge in [-0.2, -0.15) is 0 Å². The first-order valence-corrected chi connectivity index (χ1v) is 9.32. The lowest BCUT2D eigenvalue weighted by Crippen LogP contribution is -2.53. The molecule has 2 aromatic rings. The number of aromatic nitrogens is 1. The number of thiazole rings is 1. The zero-order chi connectivity index (χ0) is 16.8. The smallest absolute Gasteiger partial charge is 0.237 e. The summed E-state index contributed by atoms with van der Waals surface area (Å²) in [7, 11) is 0. The van der Waals surface area contributed by atoms with E-state index >= 15 is 0 Å². The van der Waals surface area contributed by atoms with Gasteiger partial charge >= 0.3 is 0 Å². The molecule has 0 bridgehead atoms. The summed E-state index contributed by atoms with van der Waals surface area (Å²) in [6, 6.07) is 9.94. The summed E-state index contributed by atoms with van der Waals surface area (Å²) >= 11 is 1.64. The number of benzene rings is 1. The molecule has 0 spiro atoms. The maximum atomic E-state index is 12.4. The molecule has 1 aliphatic rings. The summed E-state index contributed by atoms with van der Waals surface area (Å²) in [6.45, 7) is 7.30. The van der Waals surface area contributed by atoms with Crippen LogP contribution in [-0.4, -0.2) is 52.9 Å². The van der Waals surface area contributed by atoms with Crippen molar-refractivity contribution in [1.29, 1.82) is 0 Å². The molecule has 1 aromatic heterocycles. The standard InChI is InChI=1S/C18H24N4OS/c1-15(18(23)19-11-16-5-3-2-4-6-16)22-9-7-21(8-10-22)12-17-13-24-14-20-17/h2-6,13-15H,7-12H2,1H3,(H,19,23). The van der Waals surface area contributed by atoms with Crippen LogP contribution in [0.2, 0.25) is 0 Å². The molecule has 1 saturated heterocycles. The van der Waals surface area contributed by atoms with Gasteiger partial charge in [0.1, 0.15) is 0 Å². The Labute approximate surface area is 147 Å². The highest BCUT2D eigenvalue weighted by Crippen LogP contribution is 2.11. The SMILES string of the molecule is CC(C(=O)NCc1ccccc1)N1CCN(Cc2cscn2)CC1. The predicted molar refractivity (Wildman–Crippen MR) is 96.7 cm³/mol. The first kappa shape index (κ1) is 17.1.